The number of thiazole rings is 1. The van der Waals surface area contributed by atoms with Crippen LogP contribution >= 0.6 is 11.3 Å². The standard InChI is InChI=1S/C41H74N4O7SSi/c1-15-18-19-21-24-44(37(47)34(29(6)16-2)43-35(46)31-23-20-22-25-45(31)39(49)51-40(7,8)9)32(28(4)5)26-33(52-54(13,14)41(10,11)12)36-42-30(27-53-36)38(48)50-17-3/h27-29,31-34H,15-26H2,1-14H3,(H,43,46)/t29-,31?,32+,33?,34-/m0/s1. The molecule has 0 aliphatic carbocycles. The van der Waals surface area contributed by atoms with Crippen LogP contribution in [0.25, 0.3) is 0 Å². The Kier molecular flexibility index (Phi) is 18.6. The van der Waals surface area contributed by atoms with E-state index in [1.807, 2.05) is 39.5 Å². The maximum Gasteiger partial charge on any atom is 0.410 e. The molecular weight excluding hydrogens is 721 g/mol. The first-order valence-corrected chi connectivity index (χ1v) is 24.3. The molecule has 1 saturated heterocycles. The van der Waals surface area contributed by atoms with E-state index in [-0.39, 0.29) is 47.0 Å². The maximum absolute atomic E-state index is 15.1. The lowest BCUT2D eigenvalue weighted by molar-refractivity contribution is -0.142. The Balaban J connectivity index is 2.59. The number of amides is 3. The van der Waals surface area contributed by atoms with Crippen molar-refractivity contribution >= 4 is 43.5 Å². The van der Waals surface area contributed by atoms with Crippen LogP contribution in [0.2, 0.25) is 18.1 Å². The molecule has 1 aromatic rings. The van der Waals surface area contributed by atoms with Gasteiger partial charge in [-0.05, 0) is 89.8 Å². The molecule has 2 heterocycles. The smallest absolute Gasteiger partial charge is 0.410 e. The van der Waals surface area contributed by atoms with Gasteiger partial charge < -0.3 is 24.1 Å². The first-order chi connectivity index (χ1) is 25.1. The van der Waals surface area contributed by atoms with Gasteiger partial charge in [0.1, 0.15) is 22.7 Å². The number of aromatic nitrogens is 1. The van der Waals surface area contributed by atoms with Crippen LogP contribution in [-0.4, -0.2) is 90.4 Å². The molecule has 1 aliphatic rings. The Hall–Kier alpha value is -2.51. The largest absolute Gasteiger partial charge is 0.461 e. The summed E-state index contributed by atoms with van der Waals surface area (Å²) in [5.41, 5.74) is -0.433. The van der Waals surface area contributed by atoms with Crippen LogP contribution in [0.15, 0.2) is 5.38 Å². The van der Waals surface area contributed by atoms with E-state index in [4.69, 9.17) is 18.9 Å². The van der Waals surface area contributed by atoms with Crippen LogP contribution in [0.3, 0.4) is 0 Å². The van der Waals surface area contributed by atoms with Crippen LogP contribution in [-0.2, 0) is 23.5 Å². The third-order valence-corrected chi connectivity index (χ3v) is 16.3. The van der Waals surface area contributed by atoms with Crippen molar-refractivity contribution in [1.82, 2.24) is 20.1 Å². The molecule has 11 nitrogen and oxygen atoms in total. The number of carbonyl (C=O) groups is 4. The molecule has 0 saturated carbocycles. The topological polar surface area (TPSA) is 127 Å². The lowest BCUT2D eigenvalue weighted by atomic mass is 9.91. The lowest BCUT2D eigenvalue weighted by Gasteiger charge is -2.43. The van der Waals surface area contributed by atoms with Crippen molar-refractivity contribution < 1.29 is 33.1 Å². The number of nitrogens with one attached hydrogen (secondary N) is 1. The number of likely N-dealkylation sites (tertiary alicyclic amines) is 1. The molecule has 0 spiro atoms. The fraction of sp³-hybridized carbons (Fsp3) is 0.829. The van der Waals surface area contributed by atoms with Gasteiger partial charge >= 0.3 is 12.1 Å². The van der Waals surface area contributed by atoms with Gasteiger partial charge in [0, 0.05) is 24.5 Å². The molecular formula is C41H74N4O7SSi. The minimum atomic E-state index is -2.35. The third-order valence-electron chi connectivity index (χ3n) is 10.9. The molecule has 0 aromatic carbocycles. The second-order valence-electron chi connectivity index (χ2n) is 17.9. The van der Waals surface area contributed by atoms with E-state index < -0.39 is 44.2 Å². The monoisotopic (exact) mass is 795 g/mol. The highest BCUT2D eigenvalue weighted by molar-refractivity contribution is 7.09. The number of rotatable bonds is 19. The zero-order valence-corrected chi connectivity index (χ0v) is 38.0. The number of hydrogen-bond donors (Lipinski definition) is 1. The Labute approximate surface area is 332 Å². The summed E-state index contributed by atoms with van der Waals surface area (Å²) in [4.78, 5) is 63.5. The molecule has 2 unspecified atom stereocenters. The fourth-order valence-electron chi connectivity index (χ4n) is 6.45. The highest BCUT2D eigenvalue weighted by atomic mass is 32.1. The van der Waals surface area contributed by atoms with Crippen molar-refractivity contribution in [3.05, 3.63) is 16.1 Å². The second kappa shape index (κ2) is 21.1. The Bertz CT molecular complexity index is 1360. The predicted molar refractivity (Wildman–Crippen MR) is 220 cm³/mol. The predicted octanol–water partition coefficient (Wildman–Crippen LogP) is 9.53. The van der Waals surface area contributed by atoms with Crippen LogP contribution in [0, 0.1) is 11.8 Å². The van der Waals surface area contributed by atoms with Gasteiger partial charge in [0.05, 0.1) is 12.7 Å². The minimum Gasteiger partial charge on any atom is -0.461 e. The molecule has 0 radical (unpaired) electrons. The van der Waals surface area contributed by atoms with Gasteiger partial charge in [-0.3, -0.25) is 14.5 Å². The summed E-state index contributed by atoms with van der Waals surface area (Å²) in [6.07, 6.45) is 6.25. The average molecular weight is 795 g/mol. The van der Waals surface area contributed by atoms with Gasteiger partial charge in [0.2, 0.25) is 11.8 Å². The summed E-state index contributed by atoms with van der Waals surface area (Å²) >= 11 is 1.39. The first-order valence-electron chi connectivity index (χ1n) is 20.5. The van der Waals surface area contributed by atoms with Gasteiger partial charge in [-0.2, -0.15) is 0 Å². The van der Waals surface area contributed by atoms with Crippen molar-refractivity contribution in [2.75, 3.05) is 19.7 Å². The number of hydrogen-bond acceptors (Lipinski definition) is 9. The van der Waals surface area contributed by atoms with Gasteiger partial charge in [-0.15, -0.1) is 11.3 Å². The average Bonchev–Trinajstić information content (AvgIpc) is 3.58. The van der Waals surface area contributed by atoms with Crippen LogP contribution in [0.1, 0.15) is 162 Å². The number of ether oxygens (including phenoxy) is 2. The molecule has 5 atom stereocenters. The Morgan fingerprint density at radius 2 is 1.69 bits per heavy atom. The molecule has 1 aliphatic heterocycles. The van der Waals surface area contributed by atoms with Gasteiger partial charge in [-0.1, -0.05) is 81.1 Å². The molecule has 310 valence electrons. The van der Waals surface area contributed by atoms with E-state index >= 15 is 4.79 Å². The van der Waals surface area contributed by atoms with Gasteiger partial charge in [0.25, 0.3) is 0 Å². The first kappa shape index (κ1) is 47.6. The quantitative estimate of drug-likeness (QED) is 0.0834. The zero-order chi connectivity index (χ0) is 41.0. The summed E-state index contributed by atoms with van der Waals surface area (Å²) in [7, 11) is -2.35. The number of esters is 1. The van der Waals surface area contributed by atoms with Crippen molar-refractivity contribution in [1.29, 1.82) is 0 Å². The van der Waals surface area contributed by atoms with Crippen molar-refractivity contribution in [2.24, 2.45) is 11.8 Å². The molecule has 0 bridgehead atoms. The third kappa shape index (κ3) is 13.9. The summed E-state index contributed by atoms with van der Waals surface area (Å²) in [6, 6.07) is -1.75. The number of carbonyl (C=O) groups excluding carboxylic acids is 4. The fourth-order valence-corrected chi connectivity index (χ4v) is 8.63. The molecule has 1 aromatic heterocycles. The zero-order valence-electron chi connectivity index (χ0n) is 36.1. The number of unbranched alkanes of at least 4 members (excludes halogenated alkanes) is 3. The summed E-state index contributed by atoms with van der Waals surface area (Å²) in [5.74, 6) is -1.01. The van der Waals surface area contributed by atoms with Crippen LogP contribution in [0.4, 0.5) is 4.79 Å². The SMILES string of the molecule is CCCCCCN(C(=O)[C@@H](NC(=O)C1CCCCN1C(=O)OC(C)(C)C)[C@@H](C)CC)[C@H](CC(O[Si](C)(C)C(C)(C)C)c1nc(C(=O)OCC)cs1)C(C)C. The number of piperidine rings is 1. The summed E-state index contributed by atoms with van der Waals surface area (Å²) < 4.78 is 18.1. The Morgan fingerprint density at radius 3 is 2.24 bits per heavy atom. The van der Waals surface area contributed by atoms with Crippen LogP contribution in [0.5, 0.6) is 0 Å². The van der Waals surface area contributed by atoms with E-state index in [2.05, 4.69) is 60.0 Å². The molecule has 3 amide bonds. The van der Waals surface area contributed by atoms with E-state index in [1.54, 1.807) is 12.3 Å². The maximum atomic E-state index is 15.1. The lowest BCUT2D eigenvalue weighted by Crippen LogP contribution is -2.60. The molecule has 13 heteroatoms. The Morgan fingerprint density at radius 1 is 1.02 bits per heavy atom. The van der Waals surface area contributed by atoms with E-state index in [1.165, 1.54) is 16.2 Å². The van der Waals surface area contributed by atoms with Gasteiger partial charge in [0.15, 0.2) is 14.0 Å². The molecule has 54 heavy (non-hydrogen) atoms. The number of nitrogens with zero attached hydrogens (tertiary/aromatic N) is 3. The van der Waals surface area contributed by atoms with E-state index in [0.29, 0.717) is 37.4 Å². The van der Waals surface area contributed by atoms with Crippen molar-refractivity contribution in [3.8, 4) is 0 Å². The van der Waals surface area contributed by atoms with Gasteiger partial charge in [-0.25, -0.2) is 14.6 Å². The second-order valence-corrected chi connectivity index (χ2v) is 23.5. The normalized spacial score (nSPS) is 17.8. The minimum absolute atomic E-state index is 0.0458. The highest BCUT2D eigenvalue weighted by Crippen LogP contribution is 2.42. The molecule has 1 fully saturated rings. The summed E-state index contributed by atoms with van der Waals surface area (Å²) in [5, 5.41) is 5.50. The molecule has 2 rings (SSSR count). The van der Waals surface area contributed by atoms with E-state index in [9.17, 15) is 14.4 Å². The summed E-state index contributed by atoms with van der Waals surface area (Å²) in [6.45, 7) is 29.9. The van der Waals surface area contributed by atoms with Crippen molar-refractivity contribution in [2.45, 2.75) is 189 Å². The van der Waals surface area contributed by atoms with Crippen molar-refractivity contribution in [3.63, 3.8) is 0 Å². The highest BCUT2D eigenvalue weighted by Gasteiger charge is 2.43. The van der Waals surface area contributed by atoms with Crippen LogP contribution < -0.4 is 5.32 Å². The van der Waals surface area contributed by atoms with E-state index in [0.717, 1.165) is 38.5 Å². The molecule has 1 N–H and O–H groups in total.